The number of methoxy groups -OCH3 is 1. The molecule has 100 valence electrons. The maximum Gasteiger partial charge on any atom is 0.123 e. The van der Waals surface area contributed by atoms with E-state index in [1.54, 1.807) is 19.2 Å². The van der Waals surface area contributed by atoms with E-state index in [-0.39, 0.29) is 11.2 Å². The van der Waals surface area contributed by atoms with Crippen LogP contribution in [-0.2, 0) is 6.42 Å². The van der Waals surface area contributed by atoms with Crippen LogP contribution in [-0.4, -0.2) is 33.3 Å². The molecule has 0 aliphatic carbocycles. The molecule has 0 amide bonds. The van der Waals surface area contributed by atoms with Gasteiger partial charge in [0.25, 0.3) is 0 Å². The fraction of sp³-hybridized carbons (Fsp3) is 0.571. The van der Waals surface area contributed by atoms with Crippen molar-refractivity contribution < 1.29 is 9.13 Å². The molecular weight excluding hydrogens is 231 g/mol. The molecule has 1 saturated heterocycles. The van der Waals surface area contributed by atoms with Crippen LogP contribution in [0.5, 0.6) is 5.75 Å². The van der Waals surface area contributed by atoms with Crippen molar-refractivity contribution in [3.63, 3.8) is 0 Å². The average Bonchev–Trinajstić information content (AvgIpc) is 2.54. The van der Waals surface area contributed by atoms with E-state index < -0.39 is 0 Å². The topological polar surface area (TPSA) is 33.3 Å². The lowest BCUT2D eigenvalue weighted by Gasteiger charge is -2.28. The largest absolute Gasteiger partial charge is 0.496 e. The van der Waals surface area contributed by atoms with Crippen molar-refractivity contribution in [2.45, 2.75) is 13.3 Å². The quantitative estimate of drug-likeness (QED) is 0.857. The molecule has 3 nitrogen and oxygen atoms in total. The average molecular weight is 252 g/mol. The molecule has 0 spiro atoms. The van der Waals surface area contributed by atoms with Gasteiger partial charge in [-0.2, -0.15) is 0 Å². The highest BCUT2D eigenvalue weighted by Gasteiger charge is 2.27. The van der Waals surface area contributed by atoms with Crippen LogP contribution >= 0.6 is 0 Å². The second-order valence-electron chi connectivity index (χ2n) is 5.30. The SMILES string of the molecule is COc1ccc(F)cc1CC1(C)CNCCNC1. The summed E-state index contributed by atoms with van der Waals surface area (Å²) in [7, 11) is 1.63. The third kappa shape index (κ3) is 3.21. The van der Waals surface area contributed by atoms with Crippen molar-refractivity contribution in [1.82, 2.24) is 10.6 Å². The summed E-state index contributed by atoms with van der Waals surface area (Å²) in [6, 6.07) is 4.72. The number of hydrogen-bond acceptors (Lipinski definition) is 3. The zero-order valence-electron chi connectivity index (χ0n) is 11.1. The summed E-state index contributed by atoms with van der Waals surface area (Å²) in [5.74, 6) is 0.561. The van der Waals surface area contributed by atoms with Gasteiger partial charge in [-0.05, 0) is 35.6 Å². The summed E-state index contributed by atoms with van der Waals surface area (Å²) < 4.78 is 18.7. The summed E-state index contributed by atoms with van der Waals surface area (Å²) in [4.78, 5) is 0. The Morgan fingerprint density at radius 1 is 1.28 bits per heavy atom. The molecule has 1 aromatic carbocycles. The lowest BCUT2D eigenvalue weighted by molar-refractivity contribution is 0.307. The Bertz CT molecular complexity index is 401. The molecule has 0 saturated carbocycles. The normalized spacial score (nSPS) is 19.3. The van der Waals surface area contributed by atoms with Crippen LogP contribution in [0.25, 0.3) is 0 Å². The summed E-state index contributed by atoms with van der Waals surface area (Å²) in [5, 5.41) is 6.83. The van der Waals surface area contributed by atoms with Crippen molar-refractivity contribution >= 4 is 0 Å². The van der Waals surface area contributed by atoms with Gasteiger partial charge in [-0.1, -0.05) is 6.92 Å². The first-order valence-electron chi connectivity index (χ1n) is 6.37. The maximum absolute atomic E-state index is 13.4. The second-order valence-corrected chi connectivity index (χ2v) is 5.30. The third-order valence-electron chi connectivity index (χ3n) is 3.44. The number of ether oxygens (including phenoxy) is 1. The van der Waals surface area contributed by atoms with Gasteiger partial charge in [-0.25, -0.2) is 4.39 Å². The summed E-state index contributed by atoms with van der Waals surface area (Å²) in [6.45, 7) is 6.04. The van der Waals surface area contributed by atoms with E-state index in [0.29, 0.717) is 0 Å². The minimum absolute atomic E-state index is 0.0809. The molecule has 0 bridgehead atoms. The predicted molar refractivity (Wildman–Crippen MR) is 70.5 cm³/mol. The van der Waals surface area contributed by atoms with Gasteiger partial charge in [0, 0.05) is 26.2 Å². The number of hydrogen-bond donors (Lipinski definition) is 2. The number of halogens is 1. The van der Waals surface area contributed by atoms with Gasteiger partial charge in [-0.15, -0.1) is 0 Å². The molecule has 1 aliphatic heterocycles. The molecule has 2 N–H and O–H groups in total. The standard InChI is InChI=1S/C14H21FN2O/c1-14(9-16-5-6-17-10-14)8-11-7-12(15)3-4-13(11)18-2/h3-4,7,16-17H,5-6,8-10H2,1-2H3. The minimum Gasteiger partial charge on any atom is -0.496 e. The molecule has 1 fully saturated rings. The molecule has 0 radical (unpaired) electrons. The van der Waals surface area contributed by atoms with Crippen LogP contribution < -0.4 is 15.4 Å². The van der Waals surface area contributed by atoms with Gasteiger partial charge in [-0.3, -0.25) is 0 Å². The number of rotatable bonds is 3. The first-order chi connectivity index (χ1) is 8.63. The first kappa shape index (κ1) is 13.3. The maximum atomic E-state index is 13.4. The Morgan fingerprint density at radius 2 is 1.94 bits per heavy atom. The summed E-state index contributed by atoms with van der Waals surface area (Å²) in [5.41, 5.74) is 1.02. The molecule has 1 heterocycles. The van der Waals surface area contributed by atoms with E-state index in [9.17, 15) is 4.39 Å². The summed E-state index contributed by atoms with van der Waals surface area (Å²) in [6.07, 6.45) is 0.800. The van der Waals surface area contributed by atoms with E-state index in [0.717, 1.165) is 43.9 Å². The van der Waals surface area contributed by atoms with E-state index in [2.05, 4.69) is 17.6 Å². The molecule has 18 heavy (non-hydrogen) atoms. The van der Waals surface area contributed by atoms with Crippen LogP contribution in [0.1, 0.15) is 12.5 Å². The predicted octanol–water partition coefficient (Wildman–Crippen LogP) is 1.58. The molecule has 2 rings (SSSR count). The van der Waals surface area contributed by atoms with Crippen molar-refractivity contribution in [2.75, 3.05) is 33.3 Å². The van der Waals surface area contributed by atoms with E-state index in [1.807, 2.05) is 0 Å². The fourth-order valence-electron chi connectivity index (χ4n) is 2.49. The van der Waals surface area contributed by atoms with Crippen LogP contribution in [0, 0.1) is 11.2 Å². The molecule has 0 atom stereocenters. The minimum atomic E-state index is -0.205. The Hall–Kier alpha value is -1.13. The van der Waals surface area contributed by atoms with Gasteiger partial charge in [0.15, 0.2) is 0 Å². The van der Waals surface area contributed by atoms with Crippen molar-refractivity contribution in [3.05, 3.63) is 29.6 Å². The molecule has 0 unspecified atom stereocenters. The third-order valence-corrected chi connectivity index (χ3v) is 3.44. The van der Waals surface area contributed by atoms with Gasteiger partial charge < -0.3 is 15.4 Å². The van der Waals surface area contributed by atoms with Gasteiger partial charge in [0.05, 0.1) is 7.11 Å². The first-order valence-corrected chi connectivity index (χ1v) is 6.37. The number of benzene rings is 1. The van der Waals surface area contributed by atoms with Crippen LogP contribution in [0.3, 0.4) is 0 Å². The van der Waals surface area contributed by atoms with Crippen LogP contribution in [0.4, 0.5) is 4.39 Å². The van der Waals surface area contributed by atoms with E-state index in [4.69, 9.17) is 4.74 Å². The lowest BCUT2D eigenvalue weighted by atomic mass is 9.83. The lowest BCUT2D eigenvalue weighted by Crippen LogP contribution is -2.37. The Kier molecular flexibility index (Phi) is 4.19. The monoisotopic (exact) mass is 252 g/mol. The molecular formula is C14H21FN2O. The smallest absolute Gasteiger partial charge is 0.123 e. The number of nitrogens with one attached hydrogen (secondary N) is 2. The molecule has 4 heteroatoms. The van der Waals surface area contributed by atoms with Crippen LogP contribution in [0.15, 0.2) is 18.2 Å². The highest BCUT2D eigenvalue weighted by molar-refractivity contribution is 5.35. The molecule has 1 aliphatic rings. The fourth-order valence-corrected chi connectivity index (χ4v) is 2.49. The van der Waals surface area contributed by atoms with Crippen molar-refractivity contribution in [3.8, 4) is 5.75 Å². The van der Waals surface area contributed by atoms with Crippen molar-refractivity contribution in [2.24, 2.45) is 5.41 Å². The van der Waals surface area contributed by atoms with Gasteiger partial charge in [0.1, 0.15) is 11.6 Å². The highest BCUT2D eigenvalue weighted by atomic mass is 19.1. The Labute approximate surface area is 108 Å². The van der Waals surface area contributed by atoms with Gasteiger partial charge in [0.2, 0.25) is 0 Å². The molecule has 0 aromatic heterocycles. The van der Waals surface area contributed by atoms with Crippen LogP contribution in [0.2, 0.25) is 0 Å². The van der Waals surface area contributed by atoms with E-state index >= 15 is 0 Å². The second kappa shape index (κ2) is 5.67. The van der Waals surface area contributed by atoms with Crippen molar-refractivity contribution in [1.29, 1.82) is 0 Å². The zero-order chi connectivity index (χ0) is 13.0. The zero-order valence-corrected chi connectivity index (χ0v) is 11.1. The highest BCUT2D eigenvalue weighted by Crippen LogP contribution is 2.28. The summed E-state index contributed by atoms with van der Waals surface area (Å²) >= 11 is 0. The Morgan fingerprint density at radius 3 is 2.56 bits per heavy atom. The molecule has 1 aromatic rings. The van der Waals surface area contributed by atoms with E-state index in [1.165, 1.54) is 6.07 Å². The Balaban J connectivity index is 2.18. The van der Waals surface area contributed by atoms with Gasteiger partial charge >= 0.3 is 0 Å².